The first-order chi connectivity index (χ1) is 7.72. The lowest BCUT2D eigenvalue weighted by Gasteiger charge is -2.04. The minimum atomic E-state index is 0.304. The van der Waals surface area contributed by atoms with E-state index in [9.17, 15) is 0 Å². The third-order valence-corrected chi connectivity index (χ3v) is 1.90. The van der Waals surface area contributed by atoms with E-state index in [1.807, 2.05) is 0 Å². The topological polar surface area (TPSA) is 56.5 Å². The zero-order valence-corrected chi connectivity index (χ0v) is 10.2. The highest BCUT2D eigenvalue weighted by Crippen LogP contribution is 2.09. The van der Waals surface area contributed by atoms with Gasteiger partial charge in [0, 0.05) is 13.7 Å². The standard InChI is InChI=1S/C11H20N2O3/c1-9(2)6-12-7-10-8-16-11(13-10)15-5-4-14-3/h8-9,12H,4-7H2,1-3H3. The molecule has 0 atom stereocenters. The van der Waals surface area contributed by atoms with Crippen LogP contribution in [0, 0.1) is 5.92 Å². The van der Waals surface area contributed by atoms with Gasteiger partial charge >= 0.3 is 6.08 Å². The number of nitrogens with one attached hydrogen (secondary N) is 1. The Hall–Kier alpha value is -1.07. The number of hydrogen-bond acceptors (Lipinski definition) is 5. The lowest BCUT2D eigenvalue weighted by molar-refractivity contribution is 0.126. The first-order valence-electron chi connectivity index (χ1n) is 5.49. The molecule has 5 nitrogen and oxygen atoms in total. The molecule has 0 saturated carbocycles. The second-order valence-corrected chi connectivity index (χ2v) is 3.97. The number of nitrogens with zero attached hydrogens (tertiary/aromatic N) is 1. The summed E-state index contributed by atoms with van der Waals surface area (Å²) in [7, 11) is 1.63. The molecular weight excluding hydrogens is 208 g/mol. The summed E-state index contributed by atoms with van der Waals surface area (Å²) in [6, 6.07) is 0. The minimum absolute atomic E-state index is 0.304. The van der Waals surface area contributed by atoms with Crippen LogP contribution in [0.1, 0.15) is 19.5 Å². The number of oxazole rings is 1. The summed E-state index contributed by atoms with van der Waals surface area (Å²) < 4.78 is 15.2. The molecule has 1 aromatic rings. The quantitative estimate of drug-likeness (QED) is 0.682. The second-order valence-electron chi connectivity index (χ2n) is 3.97. The maximum absolute atomic E-state index is 5.22. The van der Waals surface area contributed by atoms with Gasteiger partial charge in [-0.25, -0.2) is 0 Å². The molecule has 0 radical (unpaired) electrons. The first kappa shape index (κ1) is 13.0. The molecule has 1 rings (SSSR count). The summed E-state index contributed by atoms with van der Waals surface area (Å²) in [4.78, 5) is 4.17. The highest BCUT2D eigenvalue weighted by Gasteiger charge is 2.04. The molecule has 5 heteroatoms. The molecule has 0 spiro atoms. The van der Waals surface area contributed by atoms with Crippen LogP contribution in [0.2, 0.25) is 0 Å². The summed E-state index contributed by atoms with van der Waals surface area (Å²) in [5.41, 5.74) is 0.855. The van der Waals surface area contributed by atoms with Crippen molar-refractivity contribution in [1.82, 2.24) is 10.3 Å². The zero-order valence-electron chi connectivity index (χ0n) is 10.2. The Kier molecular flexibility index (Phi) is 5.88. The maximum Gasteiger partial charge on any atom is 0.393 e. The first-order valence-corrected chi connectivity index (χ1v) is 5.49. The van der Waals surface area contributed by atoms with Gasteiger partial charge in [0.05, 0.1) is 12.3 Å². The molecule has 0 unspecified atom stereocenters. The molecule has 92 valence electrons. The average molecular weight is 228 g/mol. The average Bonchev–Trinajstić information content (AvgIpc) is 2.66. The number of rotatable bonds is 8. The van der Waals surface area contributed by atoms with Crippen molar-refractivity contribution in [2.24, 2.45) is 5.92 Å². The van der Waals surface area contributed by atoms with Gasteiger partial charge in [-0.2, -0.15) is 4.98 Å². The van der Waals surface area contributed by atoms with Crippen molar-refractivity contribution in [3.63, 3.8) is 0 Å². The van der Waals surface area contributed by atoms with E-state index in [4.69, 9.17) is 13.9 Å². The molecular formula is C11H20N2O3. The Bertz CT molecular complexity index is 287. The number of hydrogen-bond donors (Lipinski definition) is 1. The monoisotopic (exact) mass is 228 g/mol. The van der Waals surface area contributed by atoms with Crippen LogP contribution in [0.4, 0.5) is 0 Å². The highest BCUT2D eigenvalue weighted by atomic mass is 16.6. The normalized spacial score (nSPS) is 11.0. The van der Waals surface area contributed by atoms with Gasteiger partial charge in [-0.05, 0) is 12.5 Å². The van der Waals surface area contributed by atoms with Crippen LogP contribution in [0.5, 0.6) is 6.08 Å². The molecule has 0 fully saturated rings. The molecule has 1 N–H and O–H groups in total. The van der Waals surface area contributed by atoms with Crippen molar-refractivity contribution in [1.29, 1.82) is 0 Å². The molecule has 1 aromatic heterocycles. The van der Waals surface area contributed by atoms with E-state index in [-0.39, 0.29) is 0 Å². The molecule has 0 saturated heterocycles. The van der Waals surface area contributed by atoms with E-state index in [1.54, 1.807) is 13.4 Å². The lowest BCUT2D eigenvalue weighted by Crippen LogP contribution is -2.19. The van der Waals surface area contributed by atoms with Gasteiger partial charge in [0.2, 0.25) is 0 Å². The molecule has 0 amide bonds. The highest BCUT2D eigenvalue weighted by molar-refractivity contribution is 4.99. The summed E-state index contributed by atoms with van der Waals surface area (Å²) in [5, 5.41) is 3.28. The Morgan fingerprint density at radius 3 is 2.94 bits per heavy atom. The van der Waals surface area contributed by atoms with E-state index in [1.165, 1.54) is 0 Å². The summed E-state index contributed by atoms with van der Waals surface area (Å²) in [6.45, 7) is 6.98. The third-order valence-electron chi connectivity index (χ3n) is 1.90. The van der Waals surface area contributed by atoms with E-state index >= 15 is 0 Å². The molecule has 0 aliphatic carbocycles. The zero-order chi connectivity index (χ0) is 11.8. The van der Waals surface area contributed by atoms with Gasteiger partial charge in [0.15, 0.2) is 0 Å². The smallest absolute Gasteiger partial charge is 0.393 e. The Morgan fingerprint density at radius 1 is 1.44 bits per heavy atom. The molecule has 16 heavy (non-hydrogen) atoms. The minimum Gasteiger partial charge on any atom is -0.448 e. The van der Waals surface area contributed by atoms with Crippen LogP contribution < -0.4 is 10.1 Å². The van der Waals surface area contributed by atoms with E-state index in [2.05, 4.69) is 24.1 Å². The second kappa shape index (κ2) is 7.24. The third kappa shape index (κ3) is 5.14. The Balaban J connectivity index is 2.22. The summed E-state index contributed by atoms with van der Waals surface area (Å²) in [6.07, 6.45) is 1.91. The van der Waals surface area contributed by atoms with Crippen LogP contribution >= 0.6 is 0 Å². The van der Waals surface area contributed by atoms with Crippen molar-refractivity contribution in [2.45, 2.75) is 20.4 Å². The largest absolute Gasteiger partial charge is 0.448 e. The summed E-state index contributed by atoms with van der Waals surface area (Å²) >= 11 is 0. The van der Waals surface area contributed by atoms with E-state index < -0.39 is 0 Å². The van der Waals surface area contributed by atoms with Crippen LogP contribution in [0.25, 0.3) is 0 Å². The van der Waals surface area contributed by atoms with E-state index in [0.717, 1.165) is 12.2 Å². The van der Waals surface area contributed by atoms with Crippen LogP contribution in [-0.4, -0.2) is 31.9 Å². The van der Waals surface area contributed by atoms with Gasteiger partial charge in [-0.1, -0.05) is 13.8 Å². The van der Waals surface area contributed by atoms with Crippen molar-refractivity contribution < 1.29 is 13.9 Å². The number of aromatic nitrogens is 1. The number of methoxy groups -OCH3 is 1. The Morgan fingerprint density at radius 2 is 2.25 bits per heavy atom. The van der Waals surface area contributed by atoms with Gasteiger partial charge in [0.1, 0.15) is 12.9 Å². The maximum atomic E-state index is 5.22. The predicted octanol–water partition coefficient (Wildman–Crippen LogP) is 1.45. The molecule has 0 aromatic carbocycles. The van der Waals surface area contributed by atoms with Crippen molar-refractivity contribution in [3.05, 3.63) is 12.0 Å². The van der Waals surface area contributed by atoms with Crippen molar-refractivity contribution in [2.75, 3.05) is 26.9 Å². The van der Waals surface area contributed by atoms with Gasteiger partial charge in [0.25, 0.3) is 0 Å². The van der Waals surface area contributed by atoms with Crippen LogP contribution in [-0.2, 0) is 11.3 Å². The van der Waals surface area contributed by atoms with E-state index in [0.29, 0.717) is 31.8 Å². The van der Waals surface area contributed by atoms with Gasteiger partial charge in [-0.15, -0.1) is 0 Å². The van der Waals surface area contributed by atoms with Crippen LogP contribution in [0.15, 0.2) is 10.7 Å². The fraction of sp³-hybridized carbons (Fsp3) is 0.727. The predicted molar refractivity (Wildman–Crippen MR) is 60.4 cm³/mol. The fourth-order valence-electron chi connectivity index (χ4n) is 1.14. The van der Waals surface area contributed by atoms with Gasteiger partial charge in [-0.3, -0.25) is 0 Å². The van der Waals surface area contributed by atoms with Crippen LogP contribution in [0.3, 0.4) is 0 Å². The molecule has 1 heterocycles. The number of ether oxygens (including phenoxy) is 2. The van der Waals surface area contributed by atoms with Crippen molar-refractivity contribution >= 4 is 0 Å². The fourth-order valence-corrected chi connectivity index (χ4v) is 1.14. The lowest BCUT2D eigenvalue weighted by atomic mass is 10.2. The SMILES string of the molecule is COCCOc1nc(CNCC(C)C)co1. The summed E-state index contributed by atoms with van der Waals surface area (Å²) in [5.74, 6) is 0.629. The Labute approximate surface area is 96.1 Å². The van der Waals surface area contributed by atoms with Gasteiger partial charge < -0.3 is 19.2 Å². The molecule has 0 aliphatic heterocycles. The van der Waals surface area contributed by atoms with Crippen molar-refractivity contribution in [3.8, 4) is 6.08 Å². The molecule has 0 aliphatic rings. The molecule has 0 bridgehead atoms.